The third-order valence-corrected chi connectivity index (χ3v) is 4.13. The monoisotopic (exact) mass is 298 g/mol. The van der Waals surface area contributed by atoms with Crippen molar-refractivity contribution in [1.82, 2.24) is 15.2 Å². The van der Waals surface area contributed by atoms with Crippen LogP contribution in [0.1, 0.15) is 23.5 Å². The van der Waals surface area contributed by atoms with Crippen LogP contribution in [0.5, 0.6) is 0 Å². The van der Waals surface area contributed by atoms with E-state index >= 15 is 0 Å². The SMILES string of the molecule is Fc1ccc(C(C[CH]N2CCNCC2)c2ccncc2)cc1. The van der Waals surface area contributed by atoms with Crippen LogP contribution in [0.3, 0.4) is 0 Å². The first-order valence-electron chi connectivity index (χ1n) is 7.76. The fraction of sp³-hybridized carbons (Fsp3) is 0.333. The van der Waals surface area contributed by atoms with Crippen molar-refractivity contribution in [1.29, 1.82) is 0 Å². The van der Waals surface area contributed by atoms with Crippen molar-refractivity contribution in [2.24, 2.45) is 0 Å². The Kier molecular flexibility index (Phi) is 5.14. The predicted octanol–water partition coefficient (Wildman–Crippen LogP) is 2.81. The van der Waals surface area contributed by atoms with Gasteiger partial charge in [-0.1, -0.05) is 12.1 Å². The molecular formula is C18H21FN3. The molecule has 1 aliphatic rings. The second-order valence-electron chi connectivity index (χ2n) is 5.59. The van der Waals surface area contributed by atoms with E-state index in [1.807, 2.05) is 36.7 Å². The summed E-state index contributed by atoms with van der Waals surface area (Å²) in [4.78, 5) is 6.47. The Labute approximate surface area is 131 Å². The minimum atomic E-state index is -0.191. The molecule has 1 saturated heterocycles. The van der Waals surface area contributed by atoms with E-state index in [4.69, 9.17) is 0 Å². The molecule has 0 saturated carbocycles. The second kappa shape index (κ2) is 7.47. The van der Waals surface area contributed by atoms with Crippen molar-refractivity contribution >= 4 is 0 Å². The molecule has 3 nitrogen and oxygen atoms in total. The maximum Gasteiger partial charge on any atom is 0.123 e. The highest BCUT2D eigenvalue weighted by atomic mass is 19.1. The average Bonchev–Trinajstić information content (AvgIpc) is 2.58. The molecule has 0 amide bonds. The highest BCUT2D eigenvalue weighted by molar-refractivity contribution is 5.31. The van der Waals surface area contributed by atoms with E-state index in [-0.39, 0.29) is 11.7 Å². The number of hydrogen-bond donors (Lipinski definition) is 1. The molecule has 1 aromatic heterocycles. The van der Waals surface area contributed by atoms with Crippen LogP contribution < -0.4 is 5.32 Å². The lowest BCUT2D eigenvalue weighted by atomic mass is 9.89. The van der Waals surface area contributed by atoms with Crippen LogP contribution >= 0.6 is 0 Å². The molecule has 1 unspecified atom stereocenters. The van der Waals surface area contributed by atoms with E-state index in [0.29, 0.717) is 0 Å². The zero-order valence-corrected chi connectivity index (χ0v) is 12.6. The summed E-state index contributed by atoms with van der Waals surface area (Å²) in [6, 6.07) is 10.9. The lowest BCUT2D eigenvalue weighted by Crippen LogP contribution is -2.42. The van der Waals surface area contributed by atoms with Gasteiger partial charge < -0.3 is 5.32 Å². The number of aromatic nitrogens is 1. The summed E-state index contributed by atoms with van der Waals surface area (Å²) in [5.41, 5.74) is 2.35. The molecule has 22 heavy (non-hydrogen) atoms. The first-order chi connectivity index (χ1) is 10.8. The van der Waals surface area contributed by atoms with Gasteiger partial charge in [0.25, 0.3) is 0 Å². The molecule has 3 rings (SSSR count). The van der Waals surface area contributed by atoms with Crippen LogP contribution in [0.2, 0.25) is 0 Å². The Morgan fingerprint density at radius 2 is 1.68 bits per heavy atom. The van der Waals surface area contributed by atoms with Gasteiger partial charge in [-0.15, -0.1) is 0 Å². The van der Waals surface area contributed by atoms with Crippen LogP contribution in [-0.2, 0) is 0 Å². The Balaban J connectivity index is 1.75. The minimum absolute atomic E-state index is 0.191. The van der Waals surface area contributed by atoms with Gasteiger partial charge >= 0.3 is 0 Å². The molecule has 1 atom stereocenters. The van der Waals surface area contributed by atoms with E-state index in [2.05, 4.69) is 21.7 Å². The van der Waals surface area contributed by atoms with Gasteiger partial charge in [0.05, 0.1) is 0 Å². The van der Waals surface area contributed by atoms with Gasteiger partial charge in [0.2, 0.25) is 0 Å². The number of benzene rings is 1. The third kappa shape index (κ3) is 3.90. The van der Waals surface area contributed by atoms with Gasteiger partial charge in [-0.2, -0.15) is 0 Å². The lowest BCUT2D eigenvalue weighted by molar-refractivity contribution is 0.280. The van der Waals surface area contributed by atoms with E-state index in [1.54, 1.807) is 0 Å². The van der Waals surface area contributed by atoms with Crippen LogP contribution in [0, 0.1) is 12.4 Å². The number of hydrogen-bond acceptors (Lipinski definition) is 3. The highest BCUT2D eigenvalue weighted by Gasteiger charge is 2.17. The standard InChI is InChI=1S/C18H21FN3/c19-17-3-1-15(2-4-17)18(16-5-8-20-9-6-16)7-12-22-13-10-21-11-14-22/h1-6,8-9,12,18,21H,7,10-11,13-14H2. The molecule has 0 bridgehead atoms. The molecule has 2 heterocycles. The molecule has 1 N–H and O–H groups in total. The van der Waals surface area contributed by atoms with E-state index < -0.39 is 0 Å². The molecule has 1 radical (unpaired) electrons. The number of pyridine rings is 1. The maximum absolute atomic E-state index is 13.2. The summed E-state index contributed by atoms with van der Waals surface area (Å²) in [6.07, 6.45) is 4.54. The van der Waals surface area contributed by atoms with Gasteiger partial charge in [-0.25, -0.2) is 4.39 Å². The summed E-state index contributed by atoms with van der Waals surface area (Å²) in [5, 5.41) is 3.36. The molecule has 1 aromatic carbocycles. The van der Waals surface area contributed by atoms with Crippen LogP contribution in [0.4, 0.5) is 4.39 Å². The van der Waals surface area contributed by atoms with Gasteiger partial charge in [0.15, 0.2) is 0 Å². The van der Waals surface area contributed by atoms with Crippen molar-refractivity contribution < 1.29 is 4.39 Å². The van der Waals surface area contributed by atoms with Gasteiger partial charge in [0, 0.05) is 51.0 Å². The van der Waals surface area contributed by atoms with E-state index in [9.17, 15) is 4.39 Å². The molecule has 115 valence electrons. The lowest BCUT2D eigenvalue weighted by Gasteiger charge is -2.28. The molecule has 1 fully saturated rings. The summed E-state index contributed by atoms with van der Waals surface area (Å²) in [7, 11) is 0. The van der Waals surface area contributed by atoms with E-state index in [1.165, 1.54) is 17.7 Å². The molecule has 1 aliphatic heterocycles. The molecule has 0 aliphatic carbocycles. The average molecular weight is 298 g/mol. The fourth-order valence-electron chi connectivity index (χ4n) is 2.87. The van der Waals surface area contributed by atoms with Crippen molar-refractivity contribution in [3.63, 3.8) is 0 Å². The molecule has 0 spiro atoms. The molecule has 2 aromatic rings. The maximum atomic E-state index is 13.2. The zero-order chi connectivity index (χ0) is 15.2. The van der Waals surface area contributed by atoms with Crippen LogP contribution in [0.25, 0.3) is 0 Å². The minimum Gasteiger partial charge on any atom is -0.314 e. The van der Waals surface area contributed by atoms with Gasteiger partial charge in [-0.3, -0.25) is 9.88 Å². The Hall–Kier alpha value is -1.78. The number of halogens is 1. The Bertz CT molecular complexity index is 565. The van der Waals surface area contributed by atoms with Crippen LogP contribution in [0.15, 0.2) is 48.8 Å². The third-order valence-electron chi connectivity index (χ3n) is 4.13. The topological polar surface area (TPSA) is 28.2 Å². The first kappa shape index (κ1) is 15.1. The van der Waals surface area contributed by atoms with Gasteiger partial charge in [0.1, 0.15) is 5.82 Å². The molecule has 4 heteroatoms. The predicted molar refractivity (Wildman–Crippen MR) is 85.8 cm³/mol. The zero-order valence-electron chi connectivity index (χ0n) is 12.6. The molecular weight excluding hydrogens is 277 g/mol. The Morgan fingerprint density at radius 1 is 1.05 bits per heavy atom. The smallest absolute Gasteiger partial charge is 0.123 e. The van der Waals surface area contributed by atoms with Crippen LogP contribution in [-0.4, -0.2) is 36.1 Å². The summed E-state index contributed by atoms with van der Waals surface area (Å²) in [5.74, 6) is 0.0433. The number of piperazine rings is 1. The summed E-state index contributed by atoms with van der Waals surface area (Å²) in [6.45, 7) is 6.45. The largest absolute Gasteiger partial charge is 0.314 e. The normalized spacial score (nSPS) is 17.3. The van der Waals surface area contributed by atoms with Crippen molar-refractivity contribution in [2.75, 3.05) is 26.2 Å². The van der Waals surface area contributed by atoms with Crippen molar-refractivity contribution in [3.8, 4) is 0 Å². The first-order valence-corrected chi connectivity index (χ1v) is 7.76. The van der Waals surface area contributed by atoms with Gasteiger partial charge in [-0.05, 0) is 41.8 Å². The van der Waals surface area contributed by atoms with Crippen molar-refractivity contribution in [3.05, 3.63) is 72.3 Å². The number of rotatable bonds is 5. The highest BCUT2D eigenvalue weighted by Crippen LogP contribution is 2.29. The summed E-state index contributed by atoms with van der Waals surface area (Å²) >= 11 is 0. The van der Waals surface area contributed by atoms with E-state index in [0.717, 1.165) is 38.2 Å². The Morgan fingerprint density at radius 3 is 2.36 bits per heavy atom. The summed E-state index contributed by atoms with van der Waals surface area (Å²) < 4.78 is 13.2. The number of nitrogens with one attached hydrogen (secondary N) is 1. The fourth-order valence-corrected chi connectivity index (χ4v) is 2.87. The van der Waals surface area contributed by atoms with Crippen molar-refractivity contribution in [2.45, 2.75) is 12.3 Å². The second-order valence-corrected chi connectivity index (χ2v) is 5.59. The number of nitrogens with zero attached hydrogens (tertiary/aromatic N) is 2. The quantitative estimate of drug-likeness (QED) is 0.920.